The summed E-state index contributed by atoms with van der Waals surface area (Å²) < 4.78 is 19.1. The first-order valence-corrected chi connectivity index (χ1v) is 5.19. The fourth-order valence-corrected chi connectivity index (χ4v) is 1.66. The molecule has 1 heterocycles. The van der Waals surface area contributed by atoms with Crippen LogP contribution in [-0.2, 0) is 4.74 Å². The van der Waals surface area contributed by atoms with Crippen LogP contribution in [0.15, 0.2) is 24.3 Å². The lowest BCUT2D eigenvalue weighted by molar-refractivity contribution is -0.384. The number of nitro groups is 1. The molecule has 1 saturated heterocycles. The van der Waals surface area contributed by atoms with Crippen molar-refractivity contribution in [2.45, 2.75) is 6.17 Å². The van der Waals surface area contributed by atoms with E-state index in [1.807, 2.05) is 0 Å². The minimum Gasteiger partial charge on any atom is -0.376 e. The highest BCUT2D eigenvalue weighted by atomic mass is 19.2. The Balaban J connectivity index is 2.23. The highest BCUT2D eigenvalue weighted by molar-refractivity contribution is 5.61. The maximum atomic E-state index is 14.0. The van der Waals surface area contributed by atoms with Gasteiger partial charge in [0.15, 0.2) is 0 Å². The van der Waals surface area contributed by atoms with Gasteiger partial charge in [-0.05, 0) is 6.07 Å². The Hall–Kier alpha value is -1.73. The van der Waals surface area contributed by atoms with Crippen LogP contribution in [-0.4, -0.2) is 30.8 Å². The number of nitrogens with one attached hydrogen (secondary N) is 1. The fraction of sp³-hybridized carbons (Fsp3) is 0.400. The van der Waals surface area contributed by atoms with Gasteiger partial charge in [-0.1, -0.05) is 16.6 Å². The number of hydrogen-bond donors (Lipinski definition) is 1. The summed E-state index contributed by atoms with van der Waals surface area (Å²) >= 11 is 0. The van der Waals surface area contributed by atoms with Crippen molar-refractivity contribution in [2.24, 2.45) is 0 Å². The van der Waals surface area contributed by atoms with Gasteiger partial charge >= 0.3 is 0 Å². The van der Waals surface area contributed by atoms with Crippen molar-refractivity contribution in [3.63, 3.8) is 0 Å². The number of nitro benzene ring substituents is 1. The normalized spacial score (nSPS) is 19.9. The second-order valence-corrected chi connectivity index (χ2v) is 3.60. The zero-order chi connectivity index (χ0) is 12.3. The molecule has 0 aliphatic carbocycles. The number of hydrogen-bond acceptors (Lipinski definition) is 5. The van der Waals surface area contributed by atoms with Crippen LogP contribution in [0.2, 0.25) is 0 Å². The molecule has 1 N–H and O–H groups in total. The van der Waals surface area contributed by atoms with Crippen LogP contribution in [0.5, 0.6) is 0 Å². The molecule has 0 aromatic heterocycles. The molecule has 0 spiro atoms. The van der Waals surface area contributed by atoms with Crippen LogP contribution < -0.4 is 10.4 Å². The molecule has 1 atom stereocenters. The average molecular weight is 241 g/mol. The molecule has 1 aromatic rings. The standard InChI is InChI=1S/C10H12FN3O3/c11-13(10-7-17-6-5-12-10)8-3-1-2-4-9(8)14(15)16/h1-4,10,12H,5-7H2. The number of para-hydroxylation sites is 2. The van der Waals surface area contributed by atoms with Gasteiger partial charge in [0.25, 0.3) is 5.69 Å². The summed E-state index contributed by atoms with van der Waals surface area (Å²) in [6, 6.07) is 5.69. The molecule has 0 saturated carbocycles. The summed E-state index contributed by atoms with van der Waals surface area (Å²) in [5.74, 6) is 0. The lowest BCUT2D eigenvalue weighted by Crippen LogP contribution is -2.50. The SMILES string of the molecule is O=[N+]([O-])c1ccccc1N(F)C1COCCN1. The number of anilines is 1. The van der Waals surface area contributed by atoms with Gasteiger partial charge in [0, 0.05) is 12.6 Å². The quantitative estimate of drug-likeness (QED) is 0.489. The van der Waals surface area contributed by atoms with E-state index < -0.39 is 11.1 Å². The molecule has 1 fully saturated rings. The minimum atomic E-state index is -0.690. The Morgan fingerprint density at radius 2 is 2.29 bits per heavy atom. The average Bonchev–Trinajstić information content (AvgIpc) is 2.39. The van der Waals surface area contributed by atoms with Gasteiger partial charge in [-0.3, -0.25) is 15.4 Å². The van der Waals surface area contributed by atoms with Crippen molar-refractivity contribution in [1.29, 1.82) is 0 Å². The van der Waals surface area contributed by atoms with Gasteiger partial charge in [0.05, 0.1) is 18.1 Å². The van der Waals surface area contributed by atoms with Crippen molar-refractivity contribution in [1.82, 2.24) is 5.32 Å². The summed E-state index contributed by atoms with van der Waals surface area (Å²) in [6.07, 6.45) is -0.690. The molecule has 1 aromatic carbocycles. The third kappa shape index (κ3) is 2.51. The molecule has 92 valence electrons. The predicted octanol–water partition coefficient (Wildman–Crippen LogP) is 1.23. The van der Waals surface area contributed by atoms with Crippen molar-refractivity contribution >= 4 is 11.4 Å². The number of rotatable bonds is 3. The number of halogens is 1. The molecular weight excluding hydrogens is 229 g/mol. The summed E-state index contributed by atoms with van der Waals surface area (Å²) in [4.78, 5) is 10.2. The first-order chi connectivity index (χ1) is 8.20. The van der Waals surface area contributed by atoms with Crippen LogP contribution in [0.25, 0.3) is 0 Å². The van der Waals surface area contributed by atoms with E-state index in [1.165, 1.54) is 18.2 Å². The zero-order valence-electron chi connectivity index (χ0n) is 9.01. The largest absolute Gasteiger partial charge is 0.376 e. The summed E-state index contributed by atoms with van der Waals surface area (Å²) in [5, 5.41) is 14.0. The Bertz CT molecular complexity index is 410. The van der Waals surface area contributed by atoms with E-state index in [4.69, 9.17) is 4.74 Å². The molecule has 6 nitrogen and oxygen atoms in total. The lowest BCUT2D eigenvalue weighted by Gasteiger charge is -2.29. The molecule has 1 aliphatic heterocycles. The Morgan fingerprint density at radius 3 is 2.94 bits per heavy atom. The topological polar surface area (TPSA) is 67.6 Å². The van der Waals surface area contributed by atoms with Gasteiger partial charge < -0.3 is 4.74 Å². The first kappa shape index (κ1) is 11.7. The highest BCUT2D eigenvalue weighted by Crippen LogP contribution is 2.29. The monoisotopic (exact) mass is 241 g/mol. The van der Waals surface area contributed by atoms with E-state index in [0.717, 1.165) is 0 Å². The minimum absolute atomic E-state index is 0.0690. The number of benzene rings is 1. The summed E-state index contributed by atoms with van der Waals surface area (Å²) in [6.45, 7) is 1.19. The third-order valence-electron chi connectivity index (χ3n) is 2.48. The summed E-state index contributed by atoms with van der Waals surface area (Å²) in [5.41, 5.74) is -0.331. The summed E-state index contributed by atoms with van der Waals surface area (Å²) in [7, 11) is 0. The van der Waals surface area contributed by atoms with Crippen molar-refractivity contribution in [3.8, 4) is 0 Å². The molecule has 0 radical (unpaired) electrons. The first-order valence-electron chi connectivity index (χ1n) is 5.19. The molecule has 1 aliphatic rings. The van der Waals surface area contributed by atoms with Gasteiger partial charge in [-0.2, -0.15) is 5.12 Å². The Kier molecular flexibility index (Phi) is 3.50. The second-order valence-electron chi connectivity index (χ2n) is 3.60. The van der Waals surface area contributed by atoms with E-state index >= 15 is 0 Å². The van der Waals surface area contributed by atoms with Crippen molar-refractivity contribution in [2.75, 3.05) is 24.9 Å². The van der Waals surface area contributed by atoms with Crippen molar-refractivity contribution in [3.05, 3.63) is 34.4 Å². The van der Waals surface area contributed by atoms with E-state index in [1.54, 1.807) is 6.07 Å². The van der Waals surface area contributed by atoms with Crippen molar-refractivity contribution < 1.29 is 14.1 Å². The highest BCUT2D eigenvalue weighted by Gasteiger charge is 2.27. The Labute approximate surface area is 97.1 Å². The maximum Gasteiger partial charge on any atom is 0.295 e. The van der Waals surface area contributed by atoms with Crippen LogP contribution in [0.4, 0.5) is 15.9 Å². The molecule has 17 heavy (non-hydrogen) atoms. The lowest BCUT2D eigenvalue weighted by atomic mass is 10.2. The second kappa shape index (κ2) is 5.07. The smallest absolute Gasteiger partial charge is 0.295 e. The van der Waals surface area contributed by atoms with E-state index in [-0.39, 0.29) is 18.0 Å². The molecule has 7 heteroatoms. The number of morpholine rings is 1. The van der Waals surface area contributed by atoms with Gasteiger partial charge in [0.1, 0.15) is 11.9 Å². The molecule has 0 bridgehead atoms. The zero-order valence-corrected chi connectivity index (χ0v) is 9.01. The Morgan fingerprint density at radius 1 is 1.53 bits per heavy atom. The van der Waals surface area contributed by atoms with E-state index in [9.17, 15) is 14.6 Å². The fourth-order valence-electron chi connectivity index (χ4n) is 1.66. The maximum absolute atomic E-state index is 14.0. The van der Waals surface area contributed by atoms with Gasteiger partial charge in [-0.15, -0.1) is 0 Å². The van der Waals surface area contributed by atoms with Crippen LogP contribution in [0.3, 0.4) is 0 Å². The van der Waals surface area contributed by atoms with E-state index in [0.29, 0.717) is 18.3 Å². The molecular formula is C10H12FN3O3. The van der Waals surface area contributed by atoms with E-state index in [2.05, 4.69) is 5.32 Å². The third-order valence-corrected chi connectivity index (χ3v) is 2.48. The van der Waals surface area contributed by atoms with Gasteiger partial charge in [-0.25, -0.2) is 0 Å². The molecule has 2 rings (SSSR count). The number of nitrogens with zero attached hydrogens (tertiary/aromatic N) is 2. The van der Waals surface area contributed by atoms with Crippen LogP contribution >= 0.6 is 0 Å². The van der Waals surface area contributed by atoms with Crippen LogP contribution in [0, 0.1) is 10.1 Å². The number of ether oxygens (including phenoxy) is 1. The molecule has 1 unspecified atom stereocenters. The molecule has 0 amide bonds. The van der Waals surface area contributed by atoms with Gasteiger partial charge in [0.2, 0.25) is 0 Å². The van der Waals surface area contributed by atoms with Crippen LogP contribution in [0.1, 0.15) is 0 Å². The predicted molar refractivity (Wildman–Crippen MR) is 59.3 cm³/mol.